The smallest absolute Gasteiger partial charge is 0.263 e. The molecule has 3 aromatic rings. The van der Waals surface area contributed by atoms with Gasteiger partial charge in [0.1, 0.15) is 23.7 Å². The van der Waals surface area contributed by atoms with Crippen LogP contribution in [0, 0.1) is 6.92 Å². The lowest BCUT2D eigenvalue weighted by atomic mass is 10.2. The van der Waals surface area contributed by atoms with Crippen molar-refractivity contribution in [2.45, 2.75) is 13.5 Å². The Balaban J connectivity index is 1.27. The van der Waals surface area contributed by atoms with Gasteiger partial charge in [-0.25, -0.2) is 9.97 Å². The first kappa shape index (κ1) is 20.8. The van der Waals surface area contributed by atoms with Gasteiger partial charge in [-0.1, -0.05) is 42.5 Å². The third kappa shape index (κ3) is 6.02. The molecule has 1 saturated heterocycles. The normalized spacial score (nSPS) is 14.3. The van der Waals surface area contributed by atoms with Crippen LogP contribution < -0.4 is 15.0 Å². The third-order valence-corrected chi connectivity index (χ3v) is 5.22. The van der Waals surface area contributed by atoms with Crippen molar-refractivity contribution in [2.24, 2.45) is 0 Å². The molecule has 1 aliphatic heterocycles. The number of amides is 1. The van der Waals surface area contributed by atoms with Gasteiger partial charge in [0.05, 0.1) is 0 Å². The first-order chi connectivity index (χ1) is 15.2. The summed E-state index contributed by atoms with van der Waals surface area (Å²) in [4.78, 5) is 25.5. The highest BCUT2D eigenvalue weighted by Crippen LogP contribution is 2.18. The number of piperazine rings is 1. The number of rotatable bonds is 7. The summed E-state index contributed by atoms with van der Waals surface area (Å²) in [6, 6.07) is 20.0. The first-order valence-corrected chi connectivity index (χ1v) is 10.5. The average molecular weight is 418 g/mol. The fourth-order valence-electron chi connectivity index (χ4n) is 3.60. The zero-order valence-corrected chi connectivity index (χ0v) is 17.7. The maximum Gasteiger partial charge on any atom is 0.263 e. The third-order valence-electron chi connectivity index (χ3n) is 5.22. The molecule has 1 aromatic heterocycles. The number of anilines is 2. The van der Waals surface area contributed by atoms with Crippen molar-refractivity contribution in [3.05, 3.63) is 78.1 Å². The molecule has 160 valence electrons. The zero-order valence-electron chi connectivity index (χ0n) is 17.7. The number of aromatic nitrogens is 2. The number of aryl methyl sites for hydroxylation is 1. The summed E-state index contributed by atoms with van der Waals surface area (Å²) in [5, 5.41) is 2.80. The van der Waals surface area contributed by atoms with E-state index in [-0.39, 0.29) is 12.5 Å². The van der Waals surface area contributed by atoms with E-state index in [0.29, 0.717) is 11.6 Å². The molecule has 1 aliphatic rings. The predicted octanol–water partition coefficient (Wildman–Crippen LogP) is 3.12. The predicted molar refractivity (Wildman–Crippen MR) is 121 cm³/mol. The number of hydrogen-bond acceptors (Lipinski definition) is 6. The van der Waals surface area contributed by atoms with Gasteiger partial charge in [-0.2, -0.15) is 0 Å². The lowest BCUT2D eigenvalue weighted by Gasteiger charge is -2.35. The summed E-state index contributed by atoms with van der Waals surface area (Å²) >= 11 is 0. The van der Waals surface area contributed by atoms with Gasteiger partial charge in [-0.3, -0.25) is 9.69 Å². The van der Waals surface area contributed by atoms with Crippen molar-refractivity contribution < 1.29 is 9.53 Å². The Labute approximate surface area is 182 Å². The molecule has 31 heavy (non-hydrogen) atoms. The molecule has 0 saturated carbocycles. The van der Waals surface area contributed by atoms with Crippen LogP contribution in [0.15, 0.2) is 67.0 Å². The van der Waals surface area contributed by atoms with Gasteiger partial charge >= 0.3 is 0 Å². The van der Waals surface area contributed by atoms with Crippen molar-refractivity contribution in [3.8, 4) is 5.75 Å². The molecule has 1 amide bonds. The molecule has 4 rings (SSSR count). The van der Waals surface area contributed by atoms with Crippen LogP contribution in [-0.2, 0) is 11.3 Å². The van der Waals surface area contributed by atoms with E-state index in [1.165, 1.54) is 11.9 Å². The summed E-state index contributed by atoms with van der Waals surface area (Å²) in [6.07, 6.45) is 1.49. The fourth-order valence-corrected chi connectivity index (χ4v) is 3.60. The van der Waals surface area contributed by atoms with Crippen molar-refractivity contribution in [1.82, 2.24) is 14.9 Å². The molecule has 0 aliphatic carbocycles. The molecular weight excluding hydrogens is 390 g/mol. The van der Waals surface area contributed by atoms with Gasteiger partial charge in [-0.15, -0.1) is 0 Å². The highest BCUT2D eigenvalue weighted by atomic mass is 16.5. The maximum atomic E-state index is 12.3. The Bertz CT molecular complexity index is 1000. The highest BCUT2D eigenvalue weighted by molar-refractivity contribution is 5.91. The van der Waals surface area contributed by atoms with Gasteiger partial charge in [-0.05, 0) is 30.2 Å². The van der Waals surface area contributed by atoms with Crippen LogP contribution >= 0.6 is 0 Å². The Morgan fingerprint density at radius 3 is 2.58 bits per heavy atom. The molecular formula is C24H27N5O2. The molecule has 1 fully saturated rings. The lowest BCUT2D eigenvalue weighted by molar-refractivity contribution is -0.118. The van der Waals surface area contributed by atoms with Crippen LogP contribution in [0.4, 0.5) is 11.6 Å². The number of hydrogen-bond donors (Lipinski definition) is 1. The van der Waals surface area contributed by atoms with E-state index in [0.717, 1.165) is 44.1 Å². The summed E-state index contributed by atoms with van der Waals surface area (Å²) in [6.45, 7) is 6.57. The van der Waals surface area contributed by atoms with E-state index in [9.17, 15) is 4.79 Å². The van der Waals surface area contributed by atoms with Crippen LogP contribution in [0.25, 0.3) is 0 Å². The van der Waals surface area contributed by atoms with Crippen molar-refractivity contribution in [3.63, 3.8) is 0 Å². The highest BCUT2D eigenvalue weighted by Gasteiger charge is 2.19. The first-order valence-electron chi connectivity index (χ1n) is 10.5. The van der Waals surface area contributed by atoms with E-state index in [2.05, 4.69) is 49.4 Å². The largest absolute Gasteiger partial charge is 0.484 e. The molecule has 1 N–H and O–H groups in total. The number of carbonyl (C=O) groups excluding carboxylic acids is 1. The number of ether oxygens (including phenoxy) is 1. The second-order valence-corrected chi connectivity index (χ2v) is 7.66. The van der Waals surface area contributed by atoms with Gasteiger partial charge in [0.25, 0.3) is 5.91 Å². The average Bonchev–Trinajstić information content (AvgIpc) is 2.79. The monoisotopic (exact) mass is 417 g/mol. The number of nitrogens with one attached hydrogen (secondary N) is 1. The van der Waals surface area contributed by atoms with E-state index in [4.69, 9.17) is 4.74 Å². The molecule has 0 spiro atoms. The van der Waals surface area contributed by atoms with E-state index in [1.54, 1.807) is 0 Å². The number of carbonyl (C=O) groups is 1. The topological polar surface area (TPSA) is 70.6 Å². The summed E-state index contributed by atoms with van der Waals surface area (Å²) < 4.78 is 5.56. The Morgan fingerprint density at radius 2 is 1.81 bits per heavy atom. The van der Waals surface area contributed by atoms with Crippen LogP contribution in [0.3, 0.4) is 0 Å². The molecule has 0 unspecified atom stereocenters. The van der Waals surface area contributed by atoms with Gasteiger partial charge < -0.3 is 15.0 Å². The maximum absolute atomic E-state index is 12.3. The fraction of sp³-hybridized carbons (Fsp3) is 0.292. The summed E-state index contributed by atoms with van der Waals surface area (Å²) in [5.41, 5.74) is 2.41. The van der Waals surface area contributed by atoms with Crippen LogP contribution in [0.1, 0.15) is 11.1 Å². The van der Waals surface area contributed by atoms with Crippen LogP contribution in [-0.4, -0.2) is 53.6 Å². The van der Waals surface area contributed by atoms with Gasteiger partial charge in [0.15, 0.2) is 6.61 Å². The lowest BCUT2D eigenvalue weighted by Crippen LogP contribution is -2.46. The van der Waals surface area contributed by atoms with E-state index in [1.807, 2.05) is 43.3 Å². The minimum absolute atomic E-state index is 0.0685. The Hall–Kier alpha value is -3.45. The second-order valence-electron chi connectivity index (χ2n) is 7.66. The number of benzene rings is 2. The minimum Gasteiger partial charge on any atom is -0.484 e. The molecule has 0 bridgehead atoms. The summed E-state index contributed by atoms with van der Waals surface area (Å²) in [7, 11) is 0. The molecule has 0 atom stereocenters. The molecule has 0 radical (unpaired) electrons. The SMILES string of the molecule is Cc1cccc(OCC(=O)Nc2cc(N3CCN(Cc4ccccc4)CC3)ncn2)c1. The van der Waals surface area contributed by atoms with E-state index < -0.39 is 0 Å². The zero-order chi connectivity index (χ0) is 21.5. The molecule has 2 heterocycles. The summed E-state index contributed by atoms with van der Waals surface area (Å²) in [5.74, 6) is 1.73. The minimum atomic E-state index is -0.251. The van der Waals surface area contributed by atoms with E-state index >= 15 is 0 Å². The molecule has 2 aromatic carbocycles. The Kier molecular flexibility index (Phi) is 6.74. The quantitative estimate of drug-likeness (QED) is 0.637. The molecule has 7 nitrogen and oxygen atoms in total. The van der Waals surface area contributed by atoms with Crippen LogP contribution in [0.5, 0.6) is 5.75 Å². The Morgan fingerprint density at radius 1 is 1.00 bits per heavy atom. The molecule has 7 heteroatoms. The van der Waals surface area contributed by atoms with Crippen molar-refractivity contribution >= 4 is 17.5 Å². The van der Waals surface area contributed by atoms with Crippen LogP contribution in [0.2, 0.25) is 0 Å². The van der Waals surface area contributed by atoms with Gasteiger partial charge in [0.2, 0.25) is 0 Å². The number of nitrogens with zero attached hydrogens (tertiary/aromatic N) is 4. The van der Waals surface area contributed by atoms with Crippen molar-refractivity contribution in [1.29, 1.82) is 0 Å². The second kappa shape index (κ2) is 10.0. The standard InChI is InChI=1S/C24H27N5O2/c1-19-6-5-9-21(14-19)31-17-24(30)27-22-15-23(26-18-25-22)29-12-10-28(11-13-29)16-20-7-3-2-4-8-20/h2-9,14-15,18H,10-13,16-17H2,1H3,(H,25,26,27,30). The van der Waals surface area contributed by atoms with Gasteiger partial charge in [0, 0.05) is 38.8 Å². The van der Waals surface area contributed by atoms with Crippen molar-refractivity contribution in [2.75, 3.05) is 43.0 Å².